The van der Waals surface area contributed by atoms with Gasteiger partial charge in [-0.25, -0.2) is 0 Å². The molecule has 0 unspecified atom stereocenters. The van der Waals surface area contributed by atoms with E-state index in [1.807, 2.05) is 30.5 Å². The maximum atomic E-state index is 11.7. The van der Waals surface area contributed by atoms with E-state index in [9.17, 15) is 13.2 Å². The molecular formula is C14H17N3O4S2. The van der Waals surface area contributed by atoms with Gasteiger partial charge in [-0.2, -0.15) is 13.4 Å². The van der Waals surface area contributed by atoms with Crippen LogP contribution in [0.25, 0.3) is 10.4 Å². The number of aliphatic imine (C=N–C) groups is 1. The lowest BCUT2D eigenvalue weighted by atomic mass is 10.1. The highest BCUT2D eigenvalue weighted by Crippen LogP contribution is 2.29. The highest BCUT2D eigenvalue weighted by molar-refractivity contribution is 7.85. The number of nitrogens with zero attached hydrogens (tertiary/aromatic N) is 1. The van der Waals surface area contributed by atoms with Gasteiger partial charge in [0.05, 0.1) is 6.26 Å². The van der Waals surface area contributed by atoms with Crippen molar-refractivity contribution in [1.29, 1.82) is 0 Å². The molecule has 2 aromatic rings. The van der Waals surface area contributed by atoms with E-state index >= 15 is 0 Å². The molecule has 1 aromatic heterocycles. The summed E-state index contributed by atoms with van der Waals surface area (Å²) in [7, 11) is -3.67. The van der Waals surface area contributed by atoms with Gasteiger partial charge in [0.15, 0.2) is 5.96 Å². The number of carbonyl (C=O) groups excluding carboxylic acids is 1. The Morgan fingerprint density at radius 1 is 1.26 bits per heavy atom. The minimum Gasteiger partial charge on any atom is -0.370 e. The van der Waals surface area contributed by atoms with Crippen LogP contribution in [0.4, 0.5) is 0 Å². The van der Waals surface area contributed by atoms with Gasteiger partial charge in [-0.1, -0.05) is 12.1 Å². The Balaban J connectivity index is 0.000000463. The summed E-state index contributed by atoms with van der Waals surface area (Å²) in [5, 5.41) is 2.02. The minimum atomic E-state index is -3.67. The van der Waals surface area contributed by atoms with Crippen molar-refractivity contribution in [2.75, 3.05) is 6.26 Å². The van der Waals surface area contributed by atoms with E-state index < -0.39 is 16.0 Å². The van der Waals surface area contributed by atoms with Crippen molar-refractivity contribution in [3.63, 3.8) is 0 Å². The first-order valence-electron chi connectivity index (χ1n) is 6.29. The lowest BCUT2D eigenvalue weighted by Gasteiger charge is -2.02. The van der Waals surface area contributed by atoms with Crippen LogP contribution in [-0.4, -0.2) is 31.1 Å². The second kappa shape index (κ2) is 7.86. The molecule has 0 fully saturated rings. The molecular weight excluding hydrogens is 338 g/mol. The number of rotatable bonds is 2. The SMILES string of the molecule is CS(=O)(=O)O.Cc1ccsc1-c1cccc(C(=O)N=C(N)N)c1. The molecule has 0 aliphatic rings. The fraction of sp³-hybridized carbons (Fsp3) is 0.143. The molecule has 9 heteroatoms. The van der Waals surface area contributed by atoms with Crippen molar-refractivity contribution >= 4 is 33.3 Å². The van der Waals surface area contributed by atoms with Gasteiger partial charge in [0, 0.05) is 10.4 Å². The van der Waals surface area contributed by atoms with E-state index in [2.05, 4.69) is 4.99 Å². The van der Waals surface area contributed by atoms with Crippen molar-refractivity contribution < 1.29 is 17.8 Å². The molecule has 0 atom stereocenters. The van der Waals surface area contributed by atoms with Gasteiger partial charge < -0.3 is 11.5 Å². The topological polar surface area (TPSA) is 136 Å². The average Bonchev–Trinajstić information content (AvgIpc) is 2.82. The zero-order valence-corrected chi connectivity index (χ0v) is 14.2. The molecule has 124 valence electrons. The quantitative estimate of drug-likeness (QED) is 0.425. The van der Waals surface area contributed by atoms with Crippen LogP contribution in [-0.2, 0) is 10.1 Å². The number of hydrogen-bond donors (Lipinski definition) is 3. The molecule has 23 heavy (non-hydrogen) atoms. The Hall–Kier alpha value is -2.23. The van der Waals surface area contributed by atoms with E-state index in [0.29, 0.717) is 11.8 Å². The van der Waals surface area contributed by atoms with E-state index in [1.54, 1.807) is 23.5 Å². The number of amides is 1. The molecule has 1 amide bonds. The molecule has 0 aliphatic heterocycles. The second-order valence-corrected chi connectivity index (χ2v) is 6.97. The first kappa shape index (κ1) is 18.8. The van der Waals surface area contributed by atoms with Crippen LogP contribution in [0.2, 0.25) is 0 Å². The van der Waals surface area contributed by atoms with Crippen molar-refractivity contribution in [3.8, 4) is 10.4 Å². The third kappa shape index (κ3) is 7.04. The Labute approximate surface area is 138 Å². The monoisotopic (exact) mass is 355 g/mol. The molecule has 5 N–H and O–H groups in total. The lowest BCUT2D eigenvalue weighted by Crippen LogP contribution is -2.24. The Kier molecular flexibility index (Phi) is 6.43. The molecule has 0 radical (unpaired) electrons. The van der Waals surface area contributed by atoms with Gasteiger partial charge in [0.2, 0.25) is 0 Å². The molecule has 7 nitrogen and oxygen atoms in total. The number of carbonyl (C=O) groups is 1. The Morgan fingerprint density at radius 3 is 2.35 bits per heavy atom. The number of hydrogen-bond acceptors (Lipinski definition) is 4. The van der Waals surface area contributed by atoms with Crippen LogP contribution in [0.5, 0.6) is 0 Å². The Morgan fingerprint density at radius 2 is 1.87 bits per heavy atom. The molecule has 0 aliphatic carbocycles. The van der Waals surface area contributed by atoms with Crippen molar-refractivity contribution in [1.82, 2.24) is 0 Å². The van der Waals surface area contributed by atoms with E-state index in [4.69, 9.17) is 16.0 Å². The Bertz CT molecular complexity index is 814. The number of benzene rings is 1. The molecule has 0 saturated heterocycles. The summed E-state index contributed by atoms with van der Waals surface area (Å²) >= 11 is 1.64. The smallest absolute Gasteiger partial charge is 0.280 e. The van der Waals surface area contributed by atoms with E-state index in [1.165, 1.54) is 5.56 Å². The third-order valence-corrected chi connectivity index (χ3v) is 3.53. The van der Waals surface area contributed by atoms with Crippen LogP contribution >= 0.6 is 11.3 Å². The fourth-order valence-electron chi connectivity index (χ4n) is 1.64. The fourth-order valence-corrected chi connectivity index (χ4v) is 2.57. The van der Waals surface area contributed by atoms with Crippen LogP contribution in [0.1, 0.15) is 15.9 Å². The van der Waals surface area contributed by atoms with Gasteiger partial charge in [-0.15, -0.1) is 11.3 Å². The van der Waals surface area contributed by atoms with Crippen molar-refractivity contribution in [3.05, 3.63) is 46.8 Å². The first-order chi connectivity index (χ1) is 10.6. The van der Waals surface area contributed by atoms with Crippen LogP contribution in [0.3, 0.4) is 0 Å². The predicted molar refractivity (Wildman–Crippen MR) is 92.1 cm³/mol. The summed E-state index contributed by atoms with van der Waals surface area (Å²) < 4.78 is 25.9. The standard InChI is InChI=1S/C13H13N3OS.CH4O3S/c1-8-5-6-18-11(8)9-3-2-4-10(7-9)12(17)16-13(14)15;1-5(2,3)4/h2-7H,1H3,(H4,14,15,16,17);1H3,(H,2,3,4). The highest BCUT2D eigenvalue weighted by atomic mass is 32.2. The summed E-state index contributed by atoms with van der Waals surface area (Å²) in [4.78, 5) is 16.4. The van der Waals surface area contributed by atoms with E-state index in [-0.39, 0.29) is 5.96 Å². The summed E-state index contributed by atoms with van der Waals surface area (Å²) in [6, 6.07) is 9.33. The highest BCUT2D eigenvalue weighted by Gasteiger charge is 2.08. The maximum Gasteiger partial charge on any atom is 0.280 e. The molecule has 0 saturated carbocycles. The molecule has 1 aromatic carbocycles. The predicted octanol–water partition coefficient (Wildman–Crippen LogP) is 1.64. The molecule has 0 spiro atoms. The van der Waals surface area contributed by atoms with Gasteiger partial charge in [0.25, 0.3) is 16.0 Å². The summed E-state index contributed by atoms with van der Waals surface area (Å²) in [5.41, 5.74) is 13.1. The number of nitrogens with two attached hydrogens (primary N) is 2. The van der Waals surface area contributed by atoms with Crippen molar-refractivity contribution in [2.45, 2.75) is 6.92 Å². The third-order valence-electron chi connectivity index (χ3n) is 2.46. The van der Waals surface area contributed by atoms with Gasteiger partial charge in [0.1, 0.15) is 0 Å². The number of thiophene rings is 1. The zero-order chi connectivity index (χ0) is 17.6. The summed E-state index contributed by atoms with van der Waals surface area (Å²) in [6.45, 7) is 2.04. The normalized spacial score (nSPS) is 10.4. The van der Waals surface area contributed by atoms with Crippen LogP contribution < -0.4 is 11.5 Å². The molecule has 1 heterocycles. The van der Waals surface area contributed by atoms with Crippen LogP contribution in [0.15, 0.2) is 40.7 Å². The van der Waals surface area contributed by atoms with Crippen LogP contribution in [0, 0.1) is 6.92 Å². The molecule has 2 rings (SSSR count). The second-order valence-electron chi connectivity index (χ2n) is 4.59. The first-order valence-corrected chi connectivity index (χ1v) is 9.01. The van der Waals surface area contributed by atoms with Gasteiger partial charge in [-0.05, 0) is 41.6 Å². The van der Waals surface area contributed by atoms with Gasteiger partial charge in [-0.3, -0.25) is 9.35 Å². The minimum absolute atomic E-state index is 0.224. The molecule has 0 bridgehead atoms. The largest absolute Gasteiger partial charge is 0.370 e. The average molecular weight is 355 g/mol. The summed E-state index contributed by atoms with van der Waals surface area (Å²) in [5.74, 6) is -0.649. The summed E-state index contributed by atoms with van der Waals surface area (Å²) in [6.07, 6.45) is 0.715. The number of aryl methyl sites for hydroxylation is 1. The zero-order valence-electron chi connectivity index (χ0n) is 12.6. The van der Waals surface area contributed by atoms with Crippen molar-refractivity contribution in [2.24, 2.45) is 16.5 Å². The van der Waals surface area contributed by atoms with E-state index in [0.717, 1.165) is 10.4 Å². The van der Waals surface area contributed by atoms with Gasteiger partial charge >= 0.3 is 0 Å². The number of guanidine groups is 1. The maximum absolute atomic E-state index is 11.7. The lowest BCUT2D eigenvalue weighted by molar-refractivity contribution is 0.100.